The van der Waals surface area contributed by atoms with Gasteiger partial charge in [-0.1, -0.05) is 13.8 Å². The van der Waals surface area contributed by atoms with E-state index in [2.05, 4.69) is 0 Å². The summed E-state index contributed by atoms with van der Waals surface area (Å²) < 4.78 is 0. The van der Waals surface area contributed by atoms with Gasteiger partial charge in [0, 0.05) is 18.5 Å². The number of nitrogens with zero attached hydrogens (tertiary/aromatic N) is 1. The average Bonchev–Trinajstić information content (AvgIpc) is 2.11. The van der Waals surface area contributed by atoms with Crippen LogP contribution in [0.2, 0.25) is 0 Å². The molecule has 0 spiro atoms. The van der Waals surface area contributed by atoms with E-state index in [0.29, 0.717) is 6.42 Å². The van der Waals surface area contributed by atoms with Crippen molar-refractivity contribution in [2.24, 2.45) is 5.92 Å². The number of hydrogen-bond donors (Lipinski definition) is 1. The Labute approximate surface area is 97.6 Å². The molecule has 0 aliphatic rings. The molecular weight excluding hydrogens is 206 g/mol. The van der Waals surface area contributed by atoms with Gasteiger partial charge in [-0.2, -0.15) is 0 Å². The van der Waals surface area contributed by atoms with Crippen LogP contribution in [0.15, 0.2) is 0 Å². The van der Waals surface area contributed by atoms with Crippen LogP contribution in [-0.4, -0.2) is 34.0 Å². The van der Waals surface area contributed by atoms with Crippen molar-refractivity contribution in [3.63, 3.8) is 0 Å². The number of carboxylic acids is 1. The minimum atomic E-state index is -0.862. The van der Waals surface area contributed by atoms with E-state index in [4.69, 9.17) is 5.11 Å². The maximum absolute atomic E-state index is 11.9. The smallest absolute Gasteiger partial charge is 0.308 e. The highest BCUT2D eigenvalue weighted by Gasteiger charge is 2.28. The van der Waals surface area contributed by atoms with Gasteiger partial charge in [-0.25, -0.2) is 0 Å². The number of carboxylic acid groups (broad SMARTS) is 1. The van der Waals surface area contributed by atoms with Crippen molar-refractivity contribution in [3.05, 3.63) is 0 Å². The second-order valence-corrected chi connectivity index (χ2v) is 5.16. The van der Waals surface area contributed by atoms with E-state index in [9.17, 15) is 9.59 Å². The lowest BCUT2D eigenvalue weighted by Gasteiger charge is -2.37. The van der Waals surface area contributed by atoms with Gasteiger partial charge in [0.15, 0.2) is 0 Å². The van der Waals surface area contributed by atoms with Gasteiger partial charge in [0.05, 0.1) is 5.92 Å². The van der Waals surface area contributed by atoms with Crippen LogP contribution in [-0.2, 0) is 9.59 Å². The average molecular weight is 229 g/mol. The number of carbonyl (C=O) groups is 2. The van der Waals surface area contributed by atoms with Crippen LogP contribution in [0, 0.1) is 5.92 Å². The van der Waals surface area contributed by atoms with Gasteiger partial charge < -0.3 is 10.0 Å². The summed E-state index contributed by atoms with van der Waals surface area (Å²) in [6.45, 7) is 9.62. The molecule has 1 amide bonds. The van der Waals surface area contributed by atoms with Crippen molar-refractivity contribution in [2.75, 3.05) is 6.54 Å². The van der Waals surface area contributed by atoms with Gasteiger partial charge in [0.1, 0.15) is 0 Å². The molecular formula is C12H23NO3. The van der Waals surface area contributed by atoms with Crippen molar-refractivity contribution in [2.45, 2.75) is 53.0 Å². The van der Waals surface area contributed by atoms with Crippen molar-refractivity contribution >= 4 is 11.9 Å². The predicted octanol–water partition coefficient (Wildman–Crippen LogP) is 2.13. The largest absolute Gasteiger partial charge is 0.481 e. The molecule has 0 fully saturated rings. The van der Waals surface area contributed by atoms with Crippen LogP contribution < -0.4 is 0 Å². The molecule has 0 saturated carbocycles. The number of hydrogen-bond acceptors (Lipinski definition) is 2. The van der Waals surface area contributed by atoms with E-state index < -0.39 is 11.9 Å². The second kappa shape index (κ2) is 5.87. The molecule has 0 aromatic rings. The summed E-state index contributed by atoms with van der Waals surface area (Å²) in [5.41, 5.74) is -0.323. The van der Waals surface area contributed by atoms with E-state index >= 15 is 0 Å². The number of rotatable bonds is 5. The molecule has 1 N–H and O–H groups in total. The molecule has 16 heavy (non-hydrogen) atoms. The molecule has 0 aromatic carbocycles. The maximum Gasteiger partial charge on any atom is 0.308 e. The van der Waals surface area contributed by atoms with Crippen molar-refractivity contribution in [1.82, 2.24) is 4.90 Å². The zero-order chi connectivity index (χ0) is 12.9. The van der Waals surface area contributed by atoms with Crippen LogP contribution in [0.1, 0.15) is 47.5 Å². The van der Waals surface area contributed by atoms with Gasteiger partial charge in [-0.05, 0) is 27.2 Å². The molecule has 4 heteroatoms. The third-order valence-corrected chi connectivity index (χ3v) is 2.45. The topological polar surface area (TPSA) is 57.6 Å². The molecule has 0 bridgehead atoms. The first-order valence-electron chi connectivity index (χ1n) is 5.73. The van der Waals surface area contributed by atoms with Gasteiger partial charge in [0.25, 0.3) is 0 Å². The second-order valence-electron chi connectivity index (χ2n) is 5.16. The maximum atomic E-state index is 11.9. The summed E-state index contributed by atoms with van der Waals surface area (Å²) >= 11 is 0. The molecule has 0 saturated heterocycles. The molecule has 4 nitrogen and oxygen atoms in total. The van der Waals surface area contributed by atoms with E-state index in [0.717, 1.165) is 6.42 Å². The summed E-state index contributed by atoms with van der Waals surface area (Å²) in [7, 11) is 0. The molecule has 94 valence electrons. The molecule has 0 heterocycles. The third kappa shape index (κ3) is 4.64. The Morgan fingerprint density at radius 1 is 1.31 bits per heavy atom. The zero-order valence-electron chi connectivity index (χ0n) is 10.9. The van der Waals surface area contributed by atoms with E-state index in [1.54, 1.807) is 11.8 Å². The fraction of sp³-hybridized carbons (Fsp3) is 0.833. The Bertz CT molecular complexity index is 255. The minimum Gasteiger partial charge on any atom is -0.481 e. The van der Waals surface area contributed by atoms with Crippen LogP contribution in [0.4, 0.5) is 0 Å². The highest BCUT2D eigenvalue weighted by atomic mass is 16.4. The summed E-state index contributed by atoms with van der Waals surface area (Å²) in [5.74, 6) is -1.36. The summed E-state index contributed by atoms with van der Waals surface area (Å²) in [5, 5.41) is 8.87. The molecule has 0 aliphatic carbocycles. The first-order valence-corrected chi connectivity index (χ1v) is 5.73. The predicted molar refractivity (Wildman–Crippen MR) is 63.2 cm³/mol. The fourth-order valence-electron chi connectivity index (χ4n) is 1.45. The van der Waals surface area contributed by atoms with Crippen LogP contribution in [0.3, 0.4) is 0 Å². The Kier molecular flexibility index (Phi) is 5.48. The standard InChI is InChI=1S/C12H23NO3/c1-6-7-10(14)13(12(3,4)5)8-9(2)11(15)16/h9H,6-8H2,1-5H3,(H,15,16). The molecule has 0 aromatic heterocycles. The zero-order valence-corrected chi connectivity index (χ0v) is 10.9. The van der Waals surface area contributed by atoms with Gasteiger partial charge in [-0.15, -0.1) is 0 Å². The van der Waals surface area contributed by atoms with Gasteiger partial charge >= 0.3 is 5.97 Å². The lowest BCUT2D eigenvalue weighted by Crippen LogP contribution is -2.48. The Balaban J connectivity index is 4.69. The molecule has 0 rings (SSSR count). The first-order chi connectivity index (χ1) is 7.20. The van der Waals surface area contributed by atoms with Crippen molar-refractivity contribution in [3.8, 4) is 0 Å². The fourth-order valence-corrected chi connectivity index (χ4v) is 1.45. The van der Waals surface area contributed by atoms with E-state index in [1.165, 1.54) is 0 Å². The highest BCUT2D eigenvalue weighted by molar-refractivity contribution is 5.78. The minimum absolute atomic E-state index is 0.0306. The summed E-state index contributed by atoms with van der Waals surface area (Å²) in [6.07, 6.45) is 1.26. The Morgan fingerprint density at radius 3 is 2.12 bits per heavy atom. The summed E-state index contributed by atoms with van der Waals surface area (Å²) in [4.78, 5) is 24.3. The first kappa shape index (κ1) is 14.9. The number of aliphatic carboxylic acids is 1. The Morgan fingerprint density at radius 2 is 1.81 bits per heavy atom. The number of amides is 1. The SMILES string of the molecule is CCCC(=O)N(CC(C)C(=O)O)C(C)(C)C. The van der Waals surface area contributed by atoms with Crippen LogP contribution >= 0.6 is 0 Å². The van der Waals surface area contributed by atoms with Gasteiger partial charge in [-0.3, -0.25) is 9.59 Å². The molecule has 0 radical (unpaired) electrons. The third-order valence-electron chi connectivity index (χ3n) is 2.45. The lowest BCUT2D eigenvalue weighted by atomic mass is 10.0. The monoisotopic (exact) mass is 229 g/mol. The van der Waals surface area contributed by atoms with E-state index in [1.807, 2.05) is 27.7 Å². The van der Waals surface area contributed by atoms with Crippen LogP contribution in [0.5, 0.6) is 0 Å². The summed E-state index contributed by atoms with van der Waals surface area (Å²) in [6, 6.07) is 0. The lowest BCUT2D eigenvalue weighted by molar-refractivity contribution is -0.145. The number of carbonyl (C=O) groups excluding carboxylic acids is 1. The van der Waals surface area contributed by atoms with Crippen molar-refractivity contribution in [1.29, 1.82) is 0 Å². The highest BCUT2D eigenvalue weighted by Crippen LogP contribution is 2.17. The Hall–Kier alpha value is -1.06. The van der Waals surface area contributed by atoms with Gasteiger partial charge in [0.2, 0.25) is 5.91 Å². The quantitative estimate of drug-likeness (QED) is 0.785. The van der Waals surface area contributed by atoms with Crippen LogP contribution in [0.25, 0.3) is 0 Å². The normalized spacial score (nSPS) is 13.3. The van der Waals surface area contributed by atoms with E-state index in [-0.39, 0.29) is 18.0 Å². The van der Waals surface area contributed by atoms with Crippen molar-refractivity contribution < 1.29 is 14.7 Å². The molecule has 1 atom stereocenters. The molecule has 0 aliphatic heterocycles. The molecule has 1 unspecified atom stereocenters.